The van der Waals surface area contributed by atoms with Gasteiger partial charge in [0.25, 0.3) is 5.91 Å². The van der Waals surface area contributed by atoms with Crippen LogP contribution in [0.2, 0.25) is 0 Å². The summed E-state index contributed by atoms with van der Waals surface area (Å²) in [5.41, 5.74) is 1.65. The molecule has 0 radical (unpaired) electrons. The molecule has 1 aliphatic rings. The van der Waals surface area contributed by atoms with Crippen molar-refractivity contribution in [3.8, 4) is 0 Å². The summed E-state index contributed by atoms with van der Waals surface area (Å²) in [4.78, 5) is 18.2. The van der Waals surface area contributed by atoms with Crippen LogP contribution in [0.5, 0.6) is 0 Å². The van der Waals surface area contributed by atoms with Gasteiger partial charge >= 0.3 is 0 Å². The van der Waals surface area contributed by atoms with Crippen LogP contribution < -0.4 is 0 Å². The van der Waals surface area contributed by atoms with Crippen LogP contribution in [0.1, 0.15) is 41.6 Å². The molecule has 1 fully saturated rings. The number of aryl methyl sites for hydroxylation is 1. The first-order valence-corrected chi connectivity index (χ1v) is 6.86. The lowest BCUT2D eigenvalue weighted by Gasteiger charge is -2.34. The van der Waals surface area contributed by atoms with Crippen molar-refractivity contribution in [2.45, 2.75) is 44.0 Å². The maximum absolute atomic E-state index is 12.4. The second-order valence-electron chi connectivity index (χ2n) is 5.03. The third kappa shape index (κ3) is 2.83. The monoisotopic (exact) mass is 266 g/mol. The van der Waals surface area contributed by atoms with E-state index >= 15 is 0 Å². The molecule has 2 rings (SSSR count). The standard InChI is InChI=1S/C14H19ClN2O/c1-10-7-11(9-16-8-10)14(18)17(2)13-6-4-3-5-12(13)15/h7-9,12-13H,3-6H2,1-2H3. The van der Waals surface area contributed by atoms with Crippen molar-refractivity contribution < 1.29 is 4.79 Å². The number of nitrogens with zero attached hydrogens (tertiary/aromatic N) is 2. The maximum Gasteiger partial charge on any atom is 0.255 e. The van der Waals surface area contributed by atoms with Crippen molar-refractivity contribution in [3.63, 3.8) is 0 Å². The predicted octanol–water partition coefficient (Wildman–Crippen LogP) is 3.01. The normalized spacial score (nSPS) is 23.7. The van der Waals surface area contributed by atoms with E-state index in [2.05, 4.69) is 4.98 Å². The van der Waals surface area contributed by atoms with Crippen LogP contribution in [0.3, 0.4) is 0 Å². The number of hydrogen-bond donors (Lipinski definition) is 0. The first-order valence-electron chi connectivity index (χ1n) is 6.42. The molecule has 0 spiro atoms. The van der Waals surface area contributed by atoms with Gasteiger partial charge in [0.05, 0.1) is 10.9 Å². The van der Waals surface area contributed by atoms with E-state index < -0.39 is 0 Å². The highest BCUT2D eigenvalue weighted by atomic mass is 35.5. The molecule has 0 N–H and O–H groups in total. The minimum absolute atomic E-state index is 0.0174. The minimum Gasteiger partial charge on any atom is -0.337 e. The zero-order chi connectivity index (χ0) is 13.1. The highest BCUT2D eigenvalue weighted by molar-refractivity contribution is 6.21. The van der Waals surface area contributed by atoms with Gasteiger partial charge in [-0.1, -0.05) is 12.8 Å². The second-order valence-corrected chi connectivity index (χ2v) is 5.60. The summed E-state index contributed by atoms with van der Waals surface area (Å²) in [6.07, 6.45) is 7.68. The molecule has 0 aliphatic heterocycles. The average Bonchev–Trinajstić information content (AvgIpc) is 2.37. The molecule has 0 saturated heterocycles. The molecule has 1 heterocycles. The van der Waals surface area contributed by atoms with Crippen molar-refractivity contribution in [2.24, 2.45) is 0 Å². The Balaban J connectivity index is 2.13. The Labute approximate surface area is 113 Å². The highest BCUT2D eigenvalue weighted by Gasteiger charge is 2.29. The fraction of sp³-hybridized carbons (Fsp3) is 0.571. The van der Waals surface area contributed by atoms with Crippen molar-refractivity contribution in [1.82, 2.24) is 9.88 Å². The number of aromatic nitrogens is 1. The van der Waals surface area contributed by atoms with E-state index in [0.29, 0.717) is 5.56 Å². The quantitative estimate of drug-likeness (QED) is 0.771. The fourth-order valence-electron chi connectivity index (χ4n) is 2.53. The fourth-order valence-corrected chi connectivity index (χ4v) is 2.98. The van der Waals surface area contributed by atoms with E-state index in [0.717, 1.165) is 24.8 Å². The molecule has 98 valence electrons. The van der Waals surface area contributed by atoms with Gasteiger partial charge in [0.1, 0.15) is 0 Å². The van der Waals surface area contributed by atoms with Gasteiger partial charge in [0, 0.05) is 25.5 Å². The van der Waals surface area contributed by atoms with Crippen LogP contribution in [-0.4, -0.2) is 34.3 Å². The summed E-state index contributed by atoms with van der Waals surface area (Å²) in [5, 5.41) is 0.0745. The summed E-state index contributed by atoms with van der Waals surface area (Å²) >= 11 is 6.33. The van der Waals surface area contributed by atoms with E-state index in [4.69, 9.17) is 11.6 Å². The van der Waals surface area contributed by atoms with Crippen molar-refractivity contribution in [2.75, 3.05) is 7.05 Å². The molecular weight excluding hydrogens is 248 g/mol. The Bertz CT molecular complexity index is 436. The summed E-state index contributed by atoms with van der Waals surface area (Å²) in [7, 11) is 1.84. The van der Waals surface area contributed by atoms with Gasteiger partial charge in [-0.2, -0.15) is 0 Å². The molecule has 0 aromatic carbocycles. The van der Waals surface area contributed by atoms with E-state index in [1.165, 1.54) is 6.42 Å². The number of carbonyl (C=O) groups excluding carboxylic acids is 1. The summed E-state index contributed by atoms with van der Waals surface area (Å²) < 4.78 is 0. The zero-order valence-electron chi connectivity index (χ0n) is 10.9. The molecule has 1 aromatic heterocycles. The average molecular weight is 267 g/mol. The third-order valence-electron chi connectivity index (χ3n) is 3.59. The van der Waals surface area contributed by atoms with Gasteiger partial charge in [0.2, 0.25) is 0 Å². The third-order valence-corrected chi connectivity index (χ3v) is 4.10. The maximum atomic E-state index is 12.4. The number of halogens is 1. The van der Waals surface area contributed by atoms with Gasteiger partial charge in [-0.05, 0) is 31.4 Å². The molecule has 1 saturated carbocycles. The van der Waals surface area contributed by atoms with E-state index in [1.807, 2.05) is 20.0 Å². The van der Waals surface area contributed by atoms with Gasteiger partial charge in [0.15, 0.2) is 0 Å². The summed E-state index contributed by atoms with van der Waals surface area (Å²) in [6.45, 7) is 1.94. The number of amides is 1. The number of rotatable bonds is 2. The molecule has 4 heteroatoms. The molecule has 0 bridgehead atoms. The first-order chi connectivity index (χ1) is 8.59. The van der Waals surface area contributed by atoms with E-state index in [-0.39, 0.29) is 17.3 Å². The van der Waals surface area contributed by atoms with Crippen LogP contribution in [0.25, 0.3) is 0 Å². The Hall–Kier alpha value is -1.09. The Morgan fingerprint density at radius 2 is 2.11 bits per heavy atom. The molecule has 2 unspecified atom stereocenters. The number of hydrogen-bond acceptors (Lipinski definition) is 2. The van der Waals surface area contributed by atoms with Crippen molar-refractivity contribution in [3.05, 3.63) is 29.6 Å². The number of alkyl halides is 1. The summed E-state index contributed by atoms with van der Waals surface area (Å²) in [6, 6.07) is 2.02. The Kier molecular flexibility index (Phi) is 4.23. The van der Waals surface area contributed by atoms with Crippen LogP contribution in [0, 0.1) is 6.92 Å². The smallest absolute Gasteiger partial charge is 0.255 e. The van der Waals surface area contributed by atoms with Crippen LogP contribution in [0.4, 0.5) is 0 Å². The van der Waals surface area contributed by atoms with Gasteiger partial charge in [-0.15, -0.1) is 11.6 Å². The lowest BCUT2D eigenvalue weighted by molar-refractivity contribution is 0.0700. The largest absolute Gasteiger partial charge is 0.337 e. The molecule has 1 aliphatic carbocycles. The SMILES string of the molecule is Cc1cncc(C(=O)N(C)C2CCCCC2Cl)c1. The van der Waals surface area contributed by atoms with Crippen LogP contribution in [-0.2, 0) is 0 Å². The molecular formula is C14H19ClN2O. The molecule has 1 aromatic rings. The Morgan fingerprint density at radius 3 is 2.78 bits per heavy atom. The minimum atomic E-state index is 0.0174. The number of pyridine rings is 1. The molecule has 3 nitrogen and oxygen atoms in total. The van der Waals surface area contributed by atoms with Crippen molar-refractivity contribution in [1.29, 1.82) is 0 Å². The van der Waals surface area contributed by atoms with Crippen LogP contribution >= 0.6 is 11.6 Å². The van der Waals surface area contributed by atoms with E-state index in [1.54, 1.807) is 17.3 Å². The van der Waals surface area contributed by atoms with Gasteiger partial charge in [-0.3, -0.25) is 9.78 Å². The predicted molar refractivity (Wildman–Crippen MR) is 73.0 cm³/mol. The number of carbonyl (C=O) groups is 1. The lowest BCUT2D eigenvalue weighted by atomic mass is 9.93. The highest BCUT2D eigenvalue weighted by Crippen LogP contribution is 2.27. The zero-order valence-corrected chi connectivity index (χ0v) is 11.7. The van der Waals surface area contributed by atoms with Gasteiger partial charge < -0.3 is 4.90 Å². The molecule has 2 atom stereocenters. The molecule has 1 amide bonds. The van der Waals surface area contributed by atoms with Gasteiger partial charge in [-0.25, -0.2) is 0 Å². The topological polar surface area (TPSA) is 33.2 Å². The summed E-state index contributed by atoms with van der Waals surface area (Å²) in [5.74, 6) is 0.0174. The lowest BCUT2D eigenvalue weighted by Crippen LogP contribution is -2.44. The Morgan fingerprint density at radius 1 is 1.39 bits per heavy atom. The molecule has 18 heavy (non-hydrogen) atoms. The second kappa shape index (κ2) is 5.70. The first kappa shape index (κ1) is 13.3. The van der Waals surface area contributed by atoms with Crippen molar-refractivity contribution >= 4 is 17.5 Å². The van der Waals surface area contributed by atoms with E-state index in [9.17, 15) is 4.79 Å². The van der Waals surface area contributed by atoms with Crippen LogP contribution in [0.15, 0.2) is 18.5 Å².